The molecule has 1 heterocycles. The zero-order valence-corrected chi connectivity index (χ0v) is 10.1. The van der Waals surface area contributed by atoms with Crippen LogP contribution in [0.4, 0.5) is 0 Å². The highest BCUT2D eigenvalue weighted by Gasteiger charge is 2.09. The lowest BCUT2D eigenvalue weighted by Gasteiger charge is -2.06. The fourth-order valence-electron chi connectivity index (χ4n) is 1.99. The highest BCUT2D eigenvalue weighted by atomic mass is 16.3. The largest absolute Gasteiger partial charge is 0.508 e. The summed E-state index contributed by atoms with van der Waals surface area (Å²) in [6.45, 7) is 0. The van der Waals surface area contributed by atoms with Crippen molar-refractivity contribution in [2.75, 3.05) is 0 Å². The van der Waals surface area contributed by atoms with E-state index in [1.54, 1.807) is 0 Å². The van der Waals surface area contributed by atoms with E-state index in [4.69, 9.17) is 4.42 Å². The summed E-state index contributed by atoms with van der Waals surface area (Å²) in [5, 5.41) is 19.9. The first-order chi connectivity index (χ1) is 9.24. The predicted octanol–water partition coefficient (Wildman–Crippen LogP) is 4.07. The second-order valence-electron chi connectivity index (χ2n) is 4.24. The Morgan fingerprint density at radius 3 is 2.37 bits per heavy atom. The van der Waals surface area contributed by atoms with Crippen molar-refractivity contribution in [1.82, 2.24) is 0 Å². The number of phenolic OH excluding ortho intramolecular Hbond substituents is 2. The minimum atomic E-state index is -0.0236. The normalized spacial score (nSPS) is 10.5. The van der Waals surface area contributed by atoms with Crippen LogP contribution in [0.5, 0.6) is 11.5 Å². The molecule has 2 aliphatic rings. The third kappa shape index (κ3) is 2.18. The average molecular weight is 252 g/mol. The van der Waals surface area contributed by atoms with Crippen molar-refractivity contribution < 1.29 is 14.6 Å². The second-order valence-corrected chi connectivity index (χ2v) is 4.24. The van der Waals surface area contributed by atoms with Gasteiger partial charge in [0.1, 0.15) is 22.8 Å². The highest BCUT2D eigenvalue weighted by Crippen LogP contribution is 2.34. The van der Waals surface area contributed by atoms with Crippen LogP contribution < -0.4 is 0 Å². The summed E-state index contributed by atoms with van der Waals surface area (Å²) < 4.78 is 5.73. The molecule has 1 aromatic rings. The van der Waals surface area contributed by atoms with E-state index < -0.39 is 0 Å². The average Bonchev–Trinajstić information content (AvgIpc) is 2.48. The maximum Gasteiger partial charge on any atom is 0.142 e. The molecule has 3 heteroatoms. The Balaban J connectivity index is 2.44. The van der Waals surface area contributed by atoms with Gasteiger partial charge in [-0.15, -0.1) is 0 Å². The lowest BCUT2D eigenvalue weighted by molar-refractivity contribution is 0.452. The minimum Gasteiger partial charge on any atom is -0.508 e. The van der Waals surface area contributed by atoms with Gasteiger partial charge >= 0.3 is 0 Å². The van der Waals surface area contributed by atoms with Crippen LogP contribution in [0.1, 0.15) is 0 Å². The summed E-state index contributed by atoms with van der Waals surface area (Å²) in [4.78, 5) is 0. The maximum atomic E-state index is 9.85. The fourth-order valence-corrected chi connectivity index (χ4v) is 1.99. The minimum absolute atomic E-state index is 0.000839. The Morgan fingerprint density at radius 1 is 0.789 bits per heavy atom. The molecule has 0 unspecified atom stereocenters. The number of phenols is 2. The van der Waals surface area contributed by atoms with Crippen LogP contribution in [0, 0.1) is 0 Å². The summed E-state index contributed by atoms with van der Waals surface area (Å²) >= 11 is 0. The van der Waals surface area contributed by atoms with Crippen LogP contribution in [-0.4, -0.2) is 10.2 Å². The third-order valence-electron chi connectivity index (χ3n) is 2.88. The lowest BCUT2D eigenvalue weighted by Crippen LogP contribution is -1.81. The van der Waals surface area contributed by atoms with Crippen LogP contribution in [-0.2, 0) is 0 Å². The van der Waals surface area contributed by atoms with E-state index in [1.165, 1.54) is 12.1 Å². The number of hydrogen-bond acceptors (Lipinski definition) is 3. The predicted molar refractivity (Wildman–Crippen MR) is 73.8 cm³/mol. The van der Waals surface area contributed by atoms with Crippen LogP contribution in [0.2, 0.25) is 0 Å². The highest BCUT2D eigenvalue weighted by molar-refractivity contribution is 5.88. The molecule has 2 N–H and O–H groups in total. The van der Waals surface area contributed by atoms with Gasteiger partial charge in [0.15, 0.2) is 0 Å². The topological polar surface area (TPSA) is 53.6 Å². The molecule has 1 aliphatic carbocycles. The Kier molecular flexibility index (Phi) is 2.72. The summed E-state index contributed by atoms with van der Waals surface area (Å²) in [5.74, 6) is 0.652. The van der Waals surface area contributed by atoms with Gasteiger partial charge in [-0.1, -0.05) is 36.4 Å². The summed E-state index contributed by atoms with van der Waals surface area (Å²) in [7, 11) is 0. The summed E-state index contributed by atoms with van der Waals surface area (Å²) in [5.41, 5.74) is 1.31. The second kappa shape index (κ2) is 4.53. The van der Waals surface area contributed by atoms with Gasteiger partial charge in [0.25, 0.3) is 0 Å². The molecular formula is C16H12O3. The van der Waals surface area contributed by atoms with E-state index in [-0.39, 0.29) is 11.5 Å². The number of fused-ring (bicyclic) bond motifs is 2. The van der Waals surface area contributed by atoms with Gasteiger partial charge in [-0.3, -0.25) is 0 Å². The molecule has 94 valence electrons. The molecule has 0 radical (unpaired) electrons. The Hall–Kier alpha value is -2.68. The first-order valence-electron chi connectivity index (χ1n) is 5.91. The van der Waals surface area contributed by atoms with Gasteiger partial charge in [-0.25, -0.2) is 0 Å². The molecule has 0 atom stereocenters. The van der Waals surface area contributed by atoms with Crippen molar-refractivity contribution in [2.45, 2.75) is 0 Å². The molecule has 0 saturated heterocycles. The summed E-state index contributed by atoms with van der Waals surface area (Å²) in [6, 6.07) is 17.9. The van der Waals surface area contributed by atoms with Gasteiger partial charge in [0, 0.05) is 17.7 Å². The molecule has 1 aromatic carbocycles. The van der Waals surface area contributed by atoms with Crippen LogP contribution in [0.25, 0.3) is 22.3 Å². The Morgan fingerprint density at radius 2 is 1.53 bits per heavy atom. The third-order valence-corrected chi connectivity index (χ3v) is 2.88. The molecule has 0 aromatic heterocycles. The van der Waals surface area contributed by atoms with Crippen molar-refractivity contribution >= 4 is 11.0 Å². The quantitative estimate of drug-likeness (QED) is 0.634. The molecule has 0 amide bonds. The molecule has 0 saturated carbocycles. The van der Waals surface area contributed by atoms with E-state index in [0.717, 1.165) is 5.56 Å². The monoisotopic (exact) mass is 252 g/mol. The van der Waals surface area contributed by atoms with Gasteiger partial charge < -0.3 is 14.6 Å². The van der Waals surface area contributed by atoms with Gasteiger partial charge in [-0.2, -0.15) is 0 Å². The number of aromatic hydroxyl groups is 2. The zero-order chi connectivity index (χ0) is 13.2. The van der Waals surface area contributed by atoms with Crippen LogP contribution in [0.3, 0.4) is 0 Å². The van der Waals surface area contributed by atoms with E-state index in [1.807, 2.05) is 48.5 Å². The van der Waals surface area contributed by atoms with Crippen molar-refractivity contribution in [1.29, 1.82) is 0 Å². The van der Waals surface area contributed by atoms with Crippen LogP contribution >= 0.6 is 0 Å². The summed E-state index contributed by atoms with van der Waals surface area (Å²) in [6.07, 6.45) is 0. The molecule has 19 heavy (non-hydrogen) atoms. The van der Waals surface area contributed by atoms with Crippen LogP contribution in [0.15, 0.2) is 65.1 Å². The van der Waals surface area contributed by atoms with Crippen molar-refractivity contribution in [3.63, 3.8) is 0 Å². The molecule has 3 nitrogen and oxygen atoms in total. The number of benzene rings is 1. The van der Waals surface area contributed by atoms with E-state index in [2.05, 4.69) is 0 Å². The van der Waals surface area contributed by atoms with Gasteiger partial charge in [0.2, 0.25) is 0 Å². The first-order valence-corrected chi connectivity index (χ1v) is 5.91. The maximum absolute atomic E-state index is 9.85. The smallest absolute Gasteiger partial charge is 0.142 e. The molecule has 1 aliphatic heterocycles. The standard InChI is InChI=1S/C16H12O3/c17-12-9-14(18)13-8-11-6-4-2-1-3-5-7-15(11)19-16(13)10-12/h1-10,17-18H. The molecule has 0 fully saturated rings. The molecule has 0 bridgehead atoms. The zero-order valence-electron chi connectivity index (χ0n) is 10.1. The Labute approximate surface area is 110 Å². The number of hydrogen-bond donors (Lipinski definition) is 2. The fraction of sp³-hybridized carbons (Fsp3) is 0. The van der Waals surface area contributed by atoms with Crippen molar-refractivity contribution in [3.8, 4) is 22.8 Å². The van der Waals surface area contributed by atoms with E-state index >= 15 is 0 Å². The van der Waals surface area contributed by atoms with Gasteiger partial charge in [-0.05, 0) is 12.1 Å². The Bertz CT molecular complexity index is 757. The molecule has 0 spiro atoms. The molecule has 3 rings (SSSR count). The number of rotatable bonds is 0. The van der Waals surface area contributed by atoms with Crippen molar-refractivity contribution in [2.24, 2.45) is 0 Å². The van der Waals surface area contributed by atoms with E-state index in [9.17, 15) is 10.2 Å². The SMILES string of the molecule is Oc1cc(O)c2cc3cccccccc-3oc2c1. The first kappa shape index (κ1) is 11.4. The van der Waals surface area contributed by atoms with Gasteiger partial charge in [0.05, 0.1) is 5.39 Å². The lowest BCUT2D eigenvalue weighted by atomic mass is 10.1. The van der Waals surface area contributed by atoms with Crippen molar-refractivity contribution in [3.05, 3.63) is 60.7 Å². The molecular weight excluding hydrogens is 240 g/mol. The van der Waals surface area contributed by atoms with E-state index in [0.29, 0.717) is 16.7 Å².